The predicted molar refractivity (Wildman–Crippen MR) is 76.4 cm³/mol. The van der Waals surface area contributed by atoms with Crippen molar-refractivity contribution < 1.29 is 19.6 Å². The fourth-order valence-corrected chi connectivity index (χ4v) is 1.96. The number of nitro benzene ring substituents is 1. The highest BCUT2D eigenvalue weighted by Gasteiger charge is 2.22. The van der Waals surface area contributed by atoms with Crippen LogP contribution in [0.1, 0.15) is 24.2 Å². The summed E-state index contributed by atoms with van der Waals surface area (Å²) in [6.45, 7) is 3.46. The molecule has 0 saturated carbocycles. The zero-order chi connectivity index (χ0) is 16.2. The van der Waals surface area contributed by atoms with Crippen LogP contribution in [0, 0.1) is 22.0 Å². The first-order chi connectivity index (χ1) is 9.73. The molecule has 1 aromatic rings. The molecule has 0 fully saturated rings. The van der Waals surface area contributed by atoms with Crippen LogP contribution >= 0.6 is 11.6 Å². The van der Waals surface area contributed by atoms with E-state index in [0.717, 1.165) is 6.07 Å². The molecule has 1 atom stereocenters. The molecule has 7 nitrogen and oxygen atoms in total. The van der Waals surface area contributed by atoms with Crippen LogP contribution in [0.5, 0.6) is 0 Å². The number of nitrogens with one attached hydrogen (secondary N) is 1. The summed E-state index contributed by atoms with van der Waals surface area (Å²) in [5.74, 6) is -2.36. The molecule has 2 N–H and O–H groups in total. The van der Waals surface area contributed by atoms with Gasteiger partial charge in [-0.2, -0.15) is 0 Å². The maximum absolute atomic E-state index is 11.9. The summed E-state index contributed by atoms with van der Waals surface area (Å²) >= 11 is 5.72. The molecule has 0 bridgehead atoms. The minimum Gasteiger partial charge on any atom is -0.481 e. The highest BCUT2D eigenvalue weighted by Crippen LogP contribution is 2.24. The molecule has 21 heavy (non-hydrogen) atoms. The number of hydrogen-bond donors (Lipinski definition) is 2. The number of benzene rings is 1. The smallest absolute Gasteiger partial charge is 0.308 e. The van der Waals surface area contributed by atoms with E-state index in [-0.39, 0.29) is 28.7 Å². The number of hydrogen-bond acceptors (Lipinski definition) is 4. The Kier molecular flexibility index (Phi) is 5.66. The van der Waals surface area contributed by atoms with Crippen LogP contribution < -0.4 is 5.32 Å². The SMILES string of the molecule is CC(C)C(CNC(=O)c1ccc([N+](=O)[O-])c(Cl)c1)C(=O)O. The zero-order valence-electron chi connectivity index (χ0n) is 11.5. The van der Waals surface area contributed by atoms with Crippen molar-refractivity contribution in [3.05, 3.63) is 38.9 Å². The lowest BCUT2D eigenvalue weighted by Gasteiger charge is -2.16. The van der Waals surface area contributed by atoms with E-state index < -0.39 is 22.7 Å². The second kappa shape index (κ2) is 7.03. The molecule has 1 unspecified atom stereocenters. The number of rotatable bonds is 6. The van der Waals surface area contributed by atoms with E-state index in [9.17, 15) is 19.7 Å². The summed E-state index contributed by atoms with van der Waals surface area (Å²) in [5, 5.41) is 22.0. The molecule has 0 spiro atoms. The van der Waals surface area contributed by atoms with Crippen molar-refractivity contribution in [2.45, 2.75) is 13.8 Å². The third kappa shape index (κ3) is 4.42. The molecule has 0 radical (unpaired) electrons. The number of carboxylic acids is 1. The molecule has 0 aliphatic carbocycles. The third-order valence-corrected chi connectivity index (χ3v) is 3.31. The number of nitro groups is 1. The Labute approximate surface area is 126 Å². The Balaban J connectivity index is 2.79. The first-order valence-corrected chi connectivity index (χ1v) is 6.56. The van der Waals surface area contributed by atoms with Gasteiger partial charge in [0.2, 0.25) is 0 Å². The highest BCUT2D eigenvalue weighted by molar-refractivity contribution is 6.33. The van der Waals surface area contributed by atoms with Crippen LogP contribution in [0.15, 0.2) is 18.2 Å². The van der Waals surface area contributed by atoms with Gasteiger partial charge in [0.05, 0.1) is 10.8 Å². The Bertz CT molecular complexity index is 574. The van der Waals surface area contributed by atoms with Crippen molar-refractivity contribution in [2.24, 2.45) is 11.8 Å². The van der Waals surface area contributed by atoms with E-state index >= 15 is 0 Å². The third-order valence-electron chi connectivity index (χ3n) is 3.01. The van der Waals surface area contributed by atoms with Gasteiger partial charge in [-0.3, -0.25) is 19.7 Å². The van der Waals surface area contributed by atoms with Gasteiger partial charge < -0.3 is 10.4 Å². The minimum atomic E-state index is -0.993. The zero-order valence-corrected chi connectivity index (χ0v) is 12.3. The van der Waals surface area contributed by atoms with Gasteiger partial charge in [-0.05, 0) is 18.1 Å². The van der Waals surface area contributed by atoms with Gasteiger partial charge in [-0.1, -0.05) is 25.4 Å². The quantitative estimate of drug-likeness (QED) is 0.618. The van der Waals surface area contributed by atoms with Crippen molar-refractivity contribution >= 4 is 29.2 Å². The number of halogens is 1. The molecule has 1 rings (SSSR count). The number of carboxylic acid groups (broad SMARTS) is 1. The van der Waals surface area contributed by atoms with Gasteiger partial charge >= 0.3 is 5.97 Å². The van der Waals surface area contributed by atoms with Gasteiger partial charge in [0.1, 0.15) is 5.02 Å². The van der Waals surface area contributed by atoms with E-state index in [1.807, 2.05) is 0 Å². The monoisotopic (exact) mass is 314 g/mol. The molecular formula is C13H15ClN2O5. The van der Waals surface area contributed by atoms with Crippen LogP contribution in [0.2, 0.25) is 5.02 Å². The normalized spacial score (nSPS) is 12.0. The predicted octanol–water partition coefficient (Wildman–Crippen LogP) is 2.33. The highest BCUT2D eigenvalue weighted by atomic mass is 35.5. The van der Waals surface area contributed by atoms with E-state index in [1.54, 1.807) is 13.8 Å². The standard InChI is InChI=1S/C13H15ClN2O5/c1-7(2)9(13(18)19)6-15-12(17)8-3-4-11(16(20)21)10(14)5-8/h3-5,7,9H,6H2,1-2H3,(H,15,17)(H,18,19). The molecule has 8 heteroatoms. The molecular weight excluding hydrogens is 300 g/mol. The van der Waals surface area contributed by atoms with Gasteiger partial charge in [-0.15, -0.1) is 0 Å². The number of nitrogens with zero attached hydrogens (tertiary/aromatic N) is 1. The Morgan fingerprint density at radius 1 is 1.43 bits per heavy atom. The van der Waals surface area contributed by atoms with Crippen LogP contribution in [0.25, 0.3) is 0 Å². The lowest BCUT2D eigenvalue weighted by Crippen LogP contribution is -2.35. The molecule has 1 amide bonds. The first kappa shape index (κ1) is 16.9. The second-order valence-corrected chi connectivity index (χ2v) is 5.23. The minimum absolute atomic E-state index is 0.0273. The molecule has 0 aliphatic rings. The lowest BCUT2D eigenvalue weighted by molar-refractivity contribution is -0.384. The summed E-state index contributed by atoms with van der Waals surface area (Å²) in [7, 11) is 0. The van der Waals surface area contributed by atoms with Crippen LogP contribution in [-0.2, 0) is 4.79 Å². The van der Waals surface area contributed by atoms with Gasteiger partial charge in [0.25, 0.3) is 11.6 Å². The first-order valence-electron chi connectivity index (χ1n) is 6.19. The van der Waals surface area contributed by atoms with Gasteiger partial charge in [0, 0.05) is 18.2 Å². The summed E-state index contributed by atoms with van der Waals surface area (Å²) < 4.78 is 0. The number of carbonyl (C=O) groups is 2. The van der Waals surface area contributed by atoms with Crippen molar-refractivity contribution in [3.63, 3.8) is 0 Å². The number of amides is 1. The Morgan fingerprint density at radius 3 is 2.48 bits per heavy atom. The Hall–Kier alpha value is -2.15. The summed E-state index contributed by atoms with van der Waals surface area (Å²) in [6, 6.07) is 3.58. The van der Waals surface area contributed by atoms with Crippen molar-refractivity contribution in [2.75, 3.05) is 6.54 Å². The summed E-state index contributed by atoms with van der Waals surface area (Å²) in [6.07, 6.45) is 0. The van der Waals surface area contributed by atoms with Crippen molar-refractivity contribution in [1.82, 2.24) is 5.32 Å². The average Bonchev–Trinajstić information content (AvgIpc) is 2.37. The van der Waals surface area contributed by atoms with Crippen LogP contribution in [0.4, 0.5) is 5.69 Å². The van der Waals surface area contributed by atoms with Crippen LogP contribution in [-0.4, -0.2) is 28.5 Å². The molecule has 0 aromatic heterocycles. The molecule has 0 saturated heterocycles. The van der Waals surface area contributed by atoms with Gasteiger partial charge in [-0.25, -0.2) is 0 Å². The molecule has 114 valence electrons. The summed E-state index contributed by atoms with van der Waals surface area (Å²) in [5.41, 5.74) is -0.155. The van der Waals surface area contributed by atoms with E-state index in [2.05, 4.69) is 5.32 Å². The fourth-order valence-electron chi connectivity index (χ4n) is 1.71. The topological polar surface area (TPSA) is 110 Å². The molecule has 1 aromatic carbocycles. The molecule has 0 heterocycles. The van der Waals surface area contributed by atoms with E-state index in [1.165, 1.54) is 12.1 Å². The fraction of sp³-hybridized carbons (Fsp3) is 0.385. The average molecular weight is 315 g/mol. The molecule has 0 aliphatic heterocycles. The van der Waals surface area contributed by atoms with Crippen molar-refractivity contribution in [1.29, 1.82) is 0 Å². The maximum atomic E-state index is 11.9. The van der Waals surface area contributed by atoms with E-state index in [4.69, 9.17) is 16.7 Å². The Morgan fingerprint density at radius 2 is 2.05 bits per heavy atom. The maximum Gasteiger partial charge on any atom is 0.308 e. The summed E-state index contributed by atoms with van der Waals surface area (Å²) in [4.78, 5) is 32.9. The van der Waals surface area contributed by atoms with Crippen LogP contribution in [0.3, 0.4) is 0 Å². The van der Waals surface area contributed by atoms with Crippen molar-refractivity contribution in [3.8, 4) is 0 Å². The lowest BCUT2D eigenvalue weighted by atomic mass is 9.96. The number of carbonyl (C=O) groups excluding carboxylic acids is 1. The van der Waals surface area contributed by atoms with Gasteiger partial charge in [0.15, 0.2) is 0 Å². The van der Waals surface area contributed by atoms with E-state index in [0.29, 0.717) is 0 Å². The second-order valence-electron chi connectivity index (χ2n) is 4.82. The largest absolute Gasteiger partial charge is 0.481 e. The number of aliphatic carboxylic acids is 1.